The standard InChI is InChI=1S/C14H16FNO4S/c1-10-5-13(6-12(8-17)14(10)15)21(18,19)16(2)7-11-3-4-20-9-11/h3-6,9,17H,7-8H2,1-2H3. The van der Waals surface area contributed by atoms with Gasteiger partial charge in [-0.15, -0.1) is 0 Å². The van der Waals surface area contributed by atoms with Gasteiger partial charge in [0, 0.05) is 24.7 Å². The Balaban J connectivity index is 2.37. The number of aliphatic hydroxyl groups excluding tert-OH is 1. The lowest BCUT2D eigenvalue weighted by atomic mass is 10.1. The molecule has 1 aromatic carbocycles. The number of aliphatic hydroxyl groups is 1. The minimum Gasteiger partial charge on any atom is -0.472 e. The van der Waals surface area contributed by atoms with Crippen molar-refractivity contribution < 1.29 is 22.3 Å². The molecule has 0 spiro atoms. The number of sulfonamides is 1. The Morgan fingerprint density at radius 1 is 1.38 bits per heavy atom. The Morgan fingerprint density at radius 3 is 2.67 bits per heavy atom. The molecule has 0 saturated heterocycles. The molecule has 2 aromatic rings. The van der Waals surface area contributed by atoms with Crippen molar-refractivity contribution in [2.24, 2.45) is 0 Å². The van der Waals surface area contributed by atoms with Crippen LogP contribution in [0.25, 0.3) is 0 Å². The van der Waals surface area contributed by atoms with Crippen molar-refractivity contribution in [2.75, 3.05) is 7.05 Å². The average Bonchev–Trinajstić information content (AvgIpc) is 2.94. The first kappa shape index (κ1) is 15.7. The van der Waals surface area contributed by atoms with Crippen LogP contribution < -0.4 is 0 Å². The van der Waals surface area contributed by atoms with E-state index in [9.17, 15) is 12.8 Å². The number of furan rings is 1. The van der Waals surface area contributed by atoms with Crippen LogP contribution in [0.15, 0.2) is 40.0 Å². The normalized spacial score (nSPS) is 12.0. The highest BCUT2D eigenvalue weighted by atomic mass is 32.2. The maximum Gasteiger partial charge on any atom is 0.243 e. The predicted octanol–water partition coefficient (Wildman–Crippen LogP) is 2.04. The van der Waals surface area contributed by atoms with E-state index in [0.717, 1.165) is 10.4 Å². The number of hydrogen-bond donors (Lipinski definition) is 1. The molecule has 0 atom stereocenters. The van der Waals surface area contributed by atoms with Gasteiger partial charge in [-0.3, -0.25) is 0 Å². The highest BCUT2D eigenvalue weighted by molar-refractivity contribution is 7.89. The van der Waals surface area contributed by atoms with Gasteiger partial charge in [0.15, 0.2) is 0 Å². The molecule has 0 fully saturated rings. The van der Waals surface area contributed by atoms with E-state index in [1.807, 2.05) is 0 Å². The van der Waals surface area contributed by atoms with Crippen molar-refractivity contribution in [3.05, 3.63) is 53.2 Å². The highest BCUT2D eigenvalue weighted by Gasteiger charge is 2.23. The molecule has 5 nitrogen and oxygen atoms in total. The van der Waals surface area contributed by atoms with Crippen LogP contribution in [0, 0.1) is 12.7 Å². The van der Waals surface area contributed by atoms with Crippen LogP contribution in [0.2, 0.25) is 0 Å². The van der Waals surface area contributed by atoms with Crippen LogP contribution in [0.3, 0.4) is 0 Å². The average molecular weight is 313 g/mol. The van der Waals surface area contributed by atoms with E-state index in [4.69, 9.17) is 9.52 Å². The molecule has 114 valence electrons. The predicted molar refractivity (Wildman–Crippen MR) is 74.4 cm³/mol. The summed E-state index contributed by atoms with van der Waals surface area (Å²) in [5, 5.41) is 9.12. The number of halogens is 1. The van der Waals surface area contributed by atoms with Gasteiger partial charge in [0.05, 0.1) is 24.0 Å². The van der Waals surface area contributed by atoms with Crippen molar-refractivity contribution in [1.29, 1.82) is 0 Å². The van der Waals surface area contributed by atoms with Crippen LogP contribution in [0.4, 0.5) is 4.39 Å². The number of benzene rings is 1. The maximum absolute atomic E-state index is 13.7. The molecule has 0 aliphatic rings. The van der Waals surface area contributed by atoms with E-state index in [1.165, 1.54) is 32.6 Å². The fourth-order valence-corrected chi connectivity index (χ4v) is 3.27. The molecular weight excluding hydrogens is 297 g/mol. The number of aryl methyl sites for hydroxylation is 1. The molecule has 1 aromatic heterocycles. The molecule has 0 saturated carbocycles. The molecule has 0 aliphatic carbocycles. The number of hydrogen-bond acceptors (Lipinski definition) is 4. The molecule has 1 N–H and O–H groups in total. The topological polar surface area (TPSA) is 70.8 Å². The van der Waals surface area contributed by atoms with Gasteiger partial charge in [-0.05, 0) is 30.7 Å². The monoisotopic (exact) mass is 313 g/mol. The van der Waals surface area contributed by atoms with Crippen LogP contribution >= 0.6 is 0 Å². The molecule has 2 rings (SSSR count). The molecule has 21 heavy (non-hydrogen) atoms. The number of rotatable bonds is 5. The summed E-state index contributed by atoms with van der Waals surface area (Å²) in [5.41, 5.74) is 0.851. The molecular formula is C14H16FNO4S. The van der Waals surface area contributed by atoms with Gasteiger partial charge < -0.3 is 9.52 Å². The van der Waals surface area contributed by atoms with Crippen molar-refractivity contribution in [1.82, 2.24) is 4.31 Å². The smallest absolute Gasteiger partial charge is 0.243 e. The molecule has 0 aliphatic heterocycles. The summed E-state index contributed by atoms with van der Waals surface area (Å²) in [6.07, 6.45) is 2.92. The van der Waals surface area contributed by atoms with Gasteiger partial charge in [0.25, 0.3) is 0 Å². The molecule has 0 bridgehead atoms. The van der Waals surface area contributed by atoms with Crippen LogP contribution in [0.5, 0.6) is 0 Å². The minimum atomic E-state index is -3.77. The summed E-state index contributed by atoms with van der Waals surface area (Å²) in [7, 11) is -2.34. The van der Waals surface area contributed by atoms with E-state index < -0.39 is 22.4 Å². The van der Waals surface area contributed by atoms with E-state index in [0.29, 0.717) is 5.56 Å². The summed E-state index contributed by atoms with van der Waals surface area (Å²) in [6, 6.07) is 4.08. The molecule has 1 heterocycles. The SMILES string of the molecule is Cc1cc(S(=O)(=O)N(C)Cc2ccoc2)cc(CO)c1F. The fraction of sp³-hybridized carbons (Fsp3) is 0.286. The van der Waals surface area contributed by atoms with Gasteiger partial charge >= 0.3 is 0 Å². The second kappa shape index (κ2) is 5.97. The second-order valence-electron chi connectivity index (χ2n) is 4.76. The largest absolute Gasteiger partial charge is 0.472 e. The fourth-order valence-electron chi connectivity index (χ4n) is 1.98. The van der Waals surface area contributed by atoms with E-state index in [1.54, 1.807) is 6.07 Å². The zero-order chi connectivity index (χ0) is 15.6. The van der Waals surface area contributed by atoms with Gasteiger partial charge in [-0.1, -0.05) is 0 Å². The van der Waals surface area contributed by atoms with Crippen LogP contribution in [-0.2, 0) is 23.2 Å². The van der Waals surface area contributed by atoms with E-state index in [-0.39, 0.29) is 22.6 Å². The summed E-state index contributed by atoms with van der Waals surface area (Å²) in [5.74, 6) is -0.589. The minimum absolute atomic E-state index is 0.0368. The zero-order valence-electron chi connectivity index (χ0n) is 11.7. The Hall–Kier alpha value is -1.70. The third-order valence-corrected chi connectivity index (χ3v) is 4.95. The number of nitrogens with zero attached hydrogens (tertiary/aromatic N) is 1. The zero-order valence-corrected chi connectivity index (χ0v) is 12.5. The summed E-state index contributed by atoms with van der Waals surface area (Å²) < 4.78 is 44.7. The van der Waals surface area contributed by atoms with Crippen molar-refractivity contribution in [2.45, 2.75) is 25.0 Å². The Morgan fingerprint density at radius 2 is 2.10 bits per heavy atom. The van der Waals surface area contributed by atoms with Crippen molar-refractivity contribution in [3.8, 4) is 0 Å². The summed E-state index contributed by atoms with van der Waals surface area (Å²) >= 11 is 0. The lowest BCUT2D eigenvalue weighted by molar-refractivity contribution is 0.275. The summed E-state index contributed by atoms with van der Waals surface area (Å²) in [6.45, 7) is 1.05. The highest BCUT2D eigenvalue weighted by Crippen LogP contribution is 2.22. The third kappa shape index (κ3) is 3.15. The van der Waals surface area contributed by atoms with Gasteiger partial charge in [0.2, 0.25) is 10.0 Å². The lowest BCUT2D eigenvalue weighted by Crippen LogP contribution is -2.26. The van der Waals surface area contributed by atoms with Crippen LogP contribution in [-0.4, -0.2) is 24.9 Å². The summed E-state index contributed by atoms with van der Waals surface area (Å²) in [4.78, 5) is -0.0450. The molecule has 0 amide bonds. The quantitative estimate of drug-likeness (QED) is 0.917. The van der Waals surface area contributed by atoms with Gasteiger partial charge in [0.1, 0.15) is 5.82 Å². The third-order valence-electron chi connectivity index (χ3n) is 3.17. The molecule has 7 heteroatoms. The maximum atomic E-state index is 13.7. The van der Waals surface area contributed by atoms with E-state index >= 15 is 0 Å². The second-order valence-corrected chi connectivity index (χ2v) is 6.81. The van der Waals surface area contributed by atoms with Crippen molar-refractivity contribution >= 4 is 10.0 Å². The van der Waals surface area contributed by atoms with Gasteiger partial charge in [-0.25, -0.2) is 12.8 Å². The molecule has 0 unspecified atom stereocenters. The Kier molecular flexibility index (Phi) is 4.46. The van der Waals surface area contributed by atoms with Crippen LogP contribution in [0.1, 0.15) is 16.7 Å². The first-order valence-electron chi connectivity index (χ1n) is 6.23. The lowest BCUT2D eigenvalue weighted by Gasteiger charge is -2.17. The Labute approximate surface area is 122 Å². The van der Waals surface area contributed by atoms with E-state index in [2.05, 4.69) is 0 Å². The Bertz CT molecular complexity index is 726. The first-order valence-corrected chi connectivity index (χ1v) is 7.67. The molecule has 0 radical (unpaired) electrons. The first-order chi connectivity index (χ1) is 9.86. The van der Waals surface area contributed by atoms with Gasteiger partial charge in [-0.2, -0.15) is 4.31 Å². The van der Waals surface area contributed by atoms with Crippen molar-refractivity contribution in [3.63, 3.8) is 0 Å².